The highest BCUT2D eigenvalue weighted by Crippen LogP contribution is 2.07. The molecular formula is C17H18. The first-order valence-corrected chi connectivity index (χ1v) is 5.48. The Balaban J connectivity index is 2.34. The molecule has 2 aromatic carbocycles. The second-order valence-corrected chi connectivity index (χ2v) is 3.50. The van der Waals surface area contributed by atoms with Crippen LogP contribution in [-0.4, -0.2) is 0 Å². The Morgan fingerprint density at radius 3 is 2.24 bits per heavy atom. The van der Waals surface area contributed by atoms with Gasteiger partial charge in [-0.05, 0) is 30.2 Å². The third kappa shape index (κ3) is 4.28. The maximum Gasteiger partial charge on any atom is 0.0316 e. The van der Waals surface area contributed by atoms with Crippen LogP contribution in [0.5, 0.6) is 0 Å². The van der Waals surface area contributed by atoms with Crippen molar-refractivity contribution < 1.29 is 8.22 Å². The molecule has 0 bridgehead atoms. The number of hydrogen-bond acceptors (Lipinski definition) is 0. The zero-order chi connectivity index (χ0) is 17.1. The summed E-state index contributed by atoms with van der Waals surface area (Å²) in [6, 6.07) is 16.8. The van der Waals surface area contributed by atoms with Crippen LogP contribution in [0.1, 0.15) is 32.1 Å². The van der Waals surface area contributed by atoms with Gasteiger partial charge in [0.2, 0.25) is 0 Å². The minimum absolute atomic E-state index is 0.113. The van der Waals surface area contributed by atoms with E-state index >= 15 is 0 Å². The van der Waals surface area contributed by atoms with E-state index in [1.807, 2.05) is 6.07 Å². The summed E-state index contributed by atoms with van der Waals surface area (Å²) in [6.45, 7) is 0. The molecule has 0 unspecified atom stereocenters. The summed E-state index contributed by atoms with van der Waals surface area (Å²) in [6.07, 6.45) is -5.14. The fourth-order valence-corrected chi connectivity index (χ4v) is 1.37. The van der Waals surface area contributed by atoms with Crippen LogP contribution in [0, 0.1) is 0 Å². The molecule has 0 heteroatoms. The molecule has 0 saturated heterocycles. The largest absolute Gasteiger partial charge is 0.0839 e. The summed E-state index contributed by atoms with van der Waals surface area (Å²) in [4.78, 5) is 0. The van der Waals surface area contributed by atoms with Crippen LogP contribution in [0.4, 0.5) is 0 Å². The number of rotatable bonds is 5. The van der Waals surface area contributed by atoms with Crippen molar-refractivity contribution in [3.05, 3.63) is 77.9 Å². The average molecular weight is 228 g/mol. The van der Waals surface area contributed by atoms with Gasteiger partial charge in [-0.15, -0.1) is 0 Å². The van der Waals surface area contributed by atoms with E-state index in [-0.39, 0.29) is 5.56 Å². The van der Waals surface area contributed by atoms with Gasteiger partial charge in [-0.1, -0.05) is 72.8 Å². The van der Waals surface area contributed by atoms with E-state index < -0.39 is 19.1 Å². The molecule has 0 aliphatic heterocycles. The lowest BCUT2D eigenvalue weighted by Crippen LogP contribution is -1.82. The molecule has 17 heavy (non-hydrogen) atoms. The molecule has 86 valence electrons. The fourth-order valence-electron chi connectivity index (χ4n) is 1.37. The van der Waals surface area contributed by atoms with Gasteiger partial charge in [0.25, 0.3) is 0 Å². The van der Waals surface area contributed by atoms with Crippen LogP contribution >= 0.6 is 0 Å². The van der Waals surface area contributed by atoms with E-state index in [0.717, 1.165) is 11.6 Å². The molecule has 0 fully saturated rings. The van der Waals surface area contributed by atoms with Gasteiger partial charge in [-0.3, -0.25) is 0 Å². The molecule has 0 nitrogen and oxygen atoms in total. The first kappa shape index (κ1) is 6.20. The van der Waals surface area contributed by atoms with E-state index in [1.165, 1.54) is 18.2 Å². The standard InChI is InChI=1S/C17H18/c1-4-10-16(11-5-1)14-8-3-9-15-17-12-6-2-7-13-17/h1-2,4-8,10-14H,3,9,15H2/i3D2,9D2,15D2. The Hall–Kier alpha value is -1.82. The summed E-state index contributed by atoms with van der Waals surface area (Å²) in [7, 11) is 0. The Kier molecular flexibility index (Phi) is 2.44. The SMILES string of the molecule is [2H]C([2H])(C=Cc1ccccc1)C([2H])([2H])C([2H])([2H])c1ccccc1. The van der Waals surface area contributed by atoms with E-state index in [9.17, 15) is 0 Å². The van der Waals surface area contributed by atoms with Gasteiger partial charge in [0, 0.05) is 8.22 Å². The van der Waals surface area contributed by atoms with E-state index in [1.54, 1.807) is 42.5 Å². The maximum absolute atomic E-state index is 8.13. The number of aryl methyl sites for hydroxylation is 1. The topological polar surface area (TPSA) is 0 Å². The van der Waals surface area contributed by atoms with Crippen molar-refractivity contribution in [2.75, 3.05) is 0 Å². The first-order valence-electron chi connectivity index (χ1n) is 8.48. The molecule has 0 radical (unpaired) electrons. The van der Waals surface area contributed by atoms with Crippen molar-refractivity contribution in [1.82, 2.24) is 0 Å². The van der Waals surface area contributed by atoms with Crippen molar-refractivity contribution in [3.63, 3.8) is 0 Å². The van der Waals surface area contributed by atoms with Crippen LogP contribution in [0.25, 0.3) is 6.08 Å². The lowest BCUT2D eigenvalue weighted by Gasteiger charge is -1.98. The zero-order valence-corrected chi connectivity index (χ0v) is 9.43. The van der Waals surface area contributed by atoms with Crippen molar-refractivity contribution in [2.45, 2.75) is 19.1 Å². The van der Waals surface area contributed by atoms with Gasteiger partial charge < -0.3 is 0 Å². The summed E-state index contributed by atoms with van der Waals surface area (Å²) >= 11 is 0. The zero-order valence-electron chi connectivity index (χ0n) is 15.4. The highest BCUT2D eigenvalue weighted by atomic mass is 14.0. The molecule has 2 rings (SSSR count). The number of allylic oxidation sites excluding steroid dienone is 1. The predicted octanol–water partition coefficient (Wildman–Crippen LogP) is 4.72. The summed E-state index contributed by atoms with van der Waals surface area (Å²) in [5.74, 6) is 0. The van der Waals surface area contributed by atoms with Crippen molar-refractivity contribution in [1.29, 1.82) is 0 Å². The average Bonchev–Trinajstić information content (AvgIpc) is 2.54. The van der Waals surface area contributed by atoms with Crippen LogP contribution in [0.15, 0.2) is 66.7 Å². The van der Waals surface area contributed by atoms with Gasteiger partial charge in [0.15, 0.2) is 0 Å². The van der Waals surface area contributed by atoms with Gasteiger partial charge in [-0.25, -0.2) is 0 Å². The monoisotopic (exact) mass is 228 g/mol. The fraction of sp³-hybridized carbons (Fsp3) is 0.176. The molecule has 2 aromatic rings. The molecule has 0 aromatic heterocycles. The Morgan fingerprint density at radius 1 is 0.882 bits per heavy atom. The highest BCUT2D eigenvalue weighted by Gasteiger charge is 1.89. The van der Waals surface area contributed by atoms with Crippen LogP contribution in [-0.2, 0) is 6.37 Å². The Morgan fingerprint density at radius 2 is 1.53 bits per heavy atom. The quantitative estimate of drug-likeness (QED) is 0.694. The normalized spacial score (nSPS) is 18.6. The van der Waals surface area contributed by atoms with Crippen LogP contribution in [0.3, 0.4) is 0 Å². The van der Waals surface area contributed by atoms with Crippen molar-refractivity contribution in [3.8, 4) is 0 Å². The molecule has 0 aliphatic carbocycles. The molecule has 0 saturated carbocycles. The van der Waals surface area contributed by atoms with Crippen molar-refractivity contribution >= 4 is 6.08 Å². The number of benzene rings is 2. The lowest BCUT2D eigenvalue weighted by molar-refractivity contribution is 0.845. The lowest BCUT2D eigenvalue weighted by atomic mass is 10.1. The molecule has 0 amide bonds. The molecule has 0 N–H and O–H groups in total. The highest BCUT2D eigenvalue weighted by molar-refractivity contribution is 5.48. The maximum atomic E-state index is 8.13. The number of hydrogen-bond donors (Lipinski definition) is 0. The molecule has 0 aliphatic rings. The third-order valence-corrected chi connectivity index (χ3v) is 2.21. The predicted molar refractivity (Wildman–Crippen MR) is 74.9 cm³/mol. The second-order valence-electron chi connectivity index (χ2n) is 3.50. The van der Waals surface area contributed by atoms with E-state index in [2.05, 4.69) is 0 Å². The van der Waals surface area contributed by atoms with Gasteiger partial charge >= 0.3 is 0 Å². The molecular weight excluding hydrogens is 204 g/mol. The first-order chi connectivity index (χ1) is 10.7. The van der Waals surface area contributed by atoms with Crippen molar-refractivity contribution in [2.24, 2.45) is 0 Å². The van der Waals surface area contributed by atoms with Gasteiger partial charge in [0.1, 0.15) is 0 Å². The molecule has 0 atom stereocenters. The third-order valence-electron chi connectivity index (χ3n) is 2.21. The Bertz CT molecular complexity index is 662. The molecule has 0 spiro atoms. The summed E-state index contributed by atoms with van der Waals surface area (Å²) < 4.78 is 48.5. The second kappa shape index (κ2) is 6.70. The van der Waals surface area contributed by atoms with Crippen LogP contribution < -0.4 is 0 Å². The van der Waals surface area contributed by atoms with E-state index in [0.29, 0.717) is 0 Å². The van der Waals surface area contributed by atoms with Crippen LogP contribution in [0.2, 0.25) is 0 Å². The Labute approximate surface area is 112 Å². The van der Waals surface area contributed by atoms with Gasteiger partial charge in [-0.2, -0.15) is 0 Å². The summed E-state index contributed by atoms with van der Waals surface area (Å²) in [5.41, 5.74) is 0.842. The minimum Gasteiger partial charge on any atom is -0.0839 e. The summed E-state index contributed by atoms with van der Waals surface area (Å²) in [5, 5.41) is 0. The van der Waals surface area contributed by atoms with E-state index in [4.69, 9.17) is 8.22 Å². The molecule has 0 heterocycles. The van der Waals surface area contributed by atoms with Gasteiger partial charge in [0.05, 0.1) is 0 Å². The smallest absolute Gasteiger partial charge is 0.0316 e. The minimum atomic E-state index is -2.74.